The molecule has 0 aliphatic carbocycles. The van der Waals surface area contributed by atoms with Crippen molar-refractivity contribution >= 4 is 28.4 Å². The van der Waals surface area contributed by atoms with Gasteiger partial charge in [-0.3, -0.25) is 14.2 Å². The number of hydrogen-bond acceptors (Lipinski definition) is 5. The van der Waals surface area contributed by atoms with Crippen LogP contribution in [0.5, 0.6) is 11.5 Å². The number of nitrogens with one attached hydrogen (secondary N) is 1. The number of carbonyl (C=O) groups excluding carboxylic acids is 1. The third kappa shape index (κ3) is 5.40. The molecule has 0 fully saturated rings. The fourth-order valence-corrected chi connectivity index (χ4v) is 3.73. The zero-order chi connectivity index (χ0) is 23.3. The van der Waals surface area contributed by atoms with Crippen molar-refractivity contribution in [2.45, 2.75) is 39.3 Å². The molecule has 3 rings (SSSR count). The van der Waals surface area contributed by atoms with Gasteiger partial charge in [-0.25, -0.2) is 4.98 Å². The fraction of sp³-hybridized carbons (Fsp3) is 0.375. The summed E-state index contributed by atoms with van der Waals surface area (Å²) in [5.41, 5.74) is 1.36. The van der Waals surface area contributed by atoms with Crippen molar-refractivity contribution in [2.24, 2.45) is 5.92 Å². The van der Waals surface area contributed by atoms with Crippen molar-refractivity contribution in [2.75, 3.05) is 14.2 Å². The molecule has 1 aromatic heterocycles. The summed E-state index contributed by atoms with van der Waals surface area (Å²) < 4.78 is 12.1. The SMILES string of the molecule is COc1cc2ncn(CCCC(=O)NC(c3ccc(Cl)cc3)C(C)C)c(=O)c2cc1OC. The standard InChI is InChI=1S/C24H28ClN3O4/c1-15(2)23(16-7-9-17(25)10-8-16)27-22(29)6-5-11-28-14-26-19-13-21(32-4)20(31-3)12-18(19)24(28)30/h7-10,12-15,23H,5-6,11H2,1-4H3,(H,27,29). The van der Waals surface area contributed by atoms with Gasteiger partial charge in [0, 0.05) is 24.1 Å². The Bertz CT molecular complexity index is 1140. The molecule has 1 amide bonds. The van der Waals surface area contributed by atoms with Gasteiger partial charge in [-0.15, -0.1) is 0 Å². The summed E-state index contributed by atoms with van der Waals surface area (Å²) in [6.07, 6.45) is 2.31. The quantitative estimate of drug-likeness (QED) is 0.516. The Morgan fingerprint density at radius 1 is 1.12 bits per heavy atom. The molecule has 0 aliphatic heterocycles. The third-order valence-corrected chi connectivity index (χ3v) is 5.60. The van der Waals surface area contributed by atoms with Gasteiger partial charge in [-0.1, -0.05) is 37.6 Å². The van der Waals surface area contributed by atoms with E-state index >= 15 is 0 Å². The van der Waals surface area contributed by atoms with Crippen molar-refractivity contribution in [3.63, 3.8) is 0 Å². The van der Waals surface area contributed by atoms with Crippen LogP contribution in [0.2, 0.25) is 5.02 Å². The van der Waals surface area contributed by atoms with Crippen LogP contribution in [0, 0.1) is 5.92 Å². The van der Waals surface area contributed by atoms with E-state index in [0.717, 1.165) is 5.56 Å². The van der Waals surface area contributed by atoms with Gasteiger partial charge in [0.05, 0.1) is 37.5 Å². The lowest BCUT2D eigenvalue weighted by Crippen LogP contribution is -2.32. The van der Waals surface area contributed by atoms with E-state index in [4.69, 9.17) is 21.1 Å². The fourth-order valence-electron chi connectivity index (χ4n) is 3.61. The summed E-state index contributed by atoms with van der Waals surface area (Å²) in [4.78, 5) is 29.8. The minimum atomic E-state index is -0.183. The number of nitrogens with zero attached hydrogens (tertiary/aromatic N) is 2. The van der Waals surface area contributed by atoms with Crippen molar-refractivity contribution in [1.29, 1.82) is 0 Å². The maximum Gasteiger partial charge on any atom is 0.261 e. The van der Waals surface area contributed by atoms with E-state index in [0.29, 0.717) is 46.8 Å². The van der Waals surface area contributed by atoms with E-state index in [-0.39, 0.29) is 23.4 Å². The first-order valence-corrected chi connectivity index (χ1v) is 10.9. The number of carbonyl (C=O) groups is 1. The first kappa shape index (κ1) is 23.6. The molecule has 3 aromatic rings. The first-order chi connectivity index (χ1) is 15.3. The van der Waals surface area contributed by atoms with E-state index in [9.17, 15) is 9.59 Å². The zero-order valence-electron chi connectivity index (χ0n) is 18.7. The van der Waals surface area contributed by atoms with Gasteiger partial charge in [0.2, 0.25) is 5.91 Å². The van der Waals surface area contributed by atoms with E-state index in [1.165, 1.54) is 25.1 Å². The Kier molecular flexibility index (Phi) is 7.75. The number of amides is 1. The monoisotopic (exact) mass is 457 g/mol. The summed E-state index contributed by atoms with van der Waals surface area (Å²) in [5.74, 6) is 1.14. The lowest BCUT2D eigenvalue weighted by atomic mass is 9.96. The first-order valence-electron chi connectivity index (χ1n) is 10.5. The second kappa shape index (κ2) is 10.5. The van der Waals surface area contributed by atoms with Crippen LogP contribution >= 0.6 is 11.6 Å². The summed E-state index contributed by atoms with van der Waals surface area (Å²) in [7, 11) is 3.05. The van der Waals surface area contributed by atoms with Crippen LogP contribution in [-0.4, -0.2) is 29.7 Å². The number of rotatable bonds is 9. The highest BCUT2D eigenvalue weighted by atomic mass is 35.5. The van der Waals surface area contributed by atoms with Crippen LogP contribution in [0.4, 0.5) is 0 Å². The topological polar surface area (TPSA) is 82.5 Å². The van der Waals surface area contributed by atoms with E-state index in [1.807, 2.05) is 24.3 Å². The molecule has 8 heteroatoms. The van der Waals surface area contributed by atoms with E-state index in [1.54, 1.807) is 12.1 Å². The van der Waals surface area contributed by atoms with E-state index < -0.39 is 0 Å². The number of ether oxygens (including phenoxy) is 2. The van der Waals surface area contributed by atoms with Crippen molar-refractivity contribution in [3.05, 3.63) is 63.7 Å². The number of fused-ring (bicyclic) bond motifs is 1. The van der Waals surface area contributed by atoms with Gasteiger partial charge >= 0.3 is 0 Å². The minimum absolute atomic E-state index is 0.0631. The average molecular weight is 458 g/mol. The molecule has 1 N–H and O–H groups in total. The average Bonchev–Trinajstić information content (AvgIpc) is 2.78. The molecule has 0 aliphatic rings. The van der Waals surface area contributed by atoms with Crippen LogP contribution in [0.15, 0.2) is 47.5 Å². The normalized spacial score (nSPS) is 12.1. The largest absolute Gasteiger partial charge is 0.493 e. The third-order valence-electron chi connectivity index (χ3n) is 5.34. The van der Waals surface area contributed by atoms with Crippen molar-refractivity contribution < 1.29 is 14.3 Å². The number of halogens is 1. The Morgan fingerprint density at radius 2 is 1.78 bits per heavy atom. The smallest absolute Gasteiger partial charge is 0.261 e. The second-order valence-corrected chi connectivity index (χ2v) is 8.35. The molecule has 0 radical (unpaired) electrons. The summed E-state index contributed by atoms with van der Waals surface area (Å²) >= 11 is 5.98. The number of methoxy groups -OCH3 is 2. The van der Waals surface area contributed by atoms with Gasteiger partial charge in [-0.2, -0.15) is 0 Å². The molecule has 0 saturated heterocycles. The second-order valence-electron chi connectivity index (χ2n) is 7.91. The highest BCUT2D eigenvalue weighted by Crippen LogP contribution is 2.29. The molecule has 2 aromatic carbocycles. The van der Waals surface area contributed by atoms with Crippen LogP contribution in [0.3, 0.4) is 0 Å². The molecule has 0 saturated carbocycles. The Labute approximate surface area is 192 Å². The molecule has 7 nitrogen and oxygen atoms in total. The lowest BCUT2D eigenvalue weighted by molar-refractivity contribution is -0.122. The van der Waals surface area contributed by atoms with Crippen molar-refractivity contribution in [3.8, 4) is 11.5 Å². The summed E-state index contributed by atoms with van der Waals surface area (Å²) in [6, 6.07) is 10.7. The van der Waals surface area contributed by atoms with Crippen LogP contribution in [0.1, 0.15) is 38.3 Å². The summed E-state index contributed by atoms with van der Waals surface area (Å²) in [5, 5.41) is 4.20. The van der Waals surface area contributed by atoms with Crippen molar-refractivity contribution in [1.82, 2.24) is 14.9 Å². The van der Waals surface area contributed by atoms with Gasteiger partial charge in [0.25, 0.3) is 5.56 Å². The molecule has 170 valence electrons. The highest BCUT2D eigenvalue weighted by molar-refractivity contribution is 6.30. The predicted octanol–water partition coefficient (Wildman–Crippen LogP) is 4.36. The number of benzene rings is 2. The number of aromatic nitrogens is 2. The molecule has 0 spiro atoms. The van der Waals surface area contributed by atoms with Gasteiger partial charge in [0.15, 0.2) is 11.5 Å². The predicted molar refractivity (Wildman–Crippen MR) is 126 cm³/mol. The molecular formula is C24H28ClN3O4. The maximum absolute atomic E-state index is 12.9. The Morgan fingerprint density at radius 3 is 2.41 bits per heavy atom. The molecule has 0 bridgehead atoms. The molecular weight excluding hydrogens is 430 g/mol. The Hall–Kier alpha value is -3.06. The number of hydrogen-bond donors (Lipinski definition) is 1. The minimum Gasteiger partial charge on any atom is -0.493 e. The summed E-state index contributed by atoms with van der Waals surface area (Å²) in [6.45, 7) is 4.50. The molecule has 1 heterocycles. The number of aryl methyl sites for hydroxylation is 1. The maximum atomic E-state index is 12.9. The van der Waals surface area contributed by atoms with Crippen LogP contribution in [0.25, 0.3) is 10.9 Å². The molecule has 1 unspecified atom stereocenters. The van der Waals surface area contributed by atoms with Gasteiger partial charge < -0.3 is 14.8 Å². The molecule has 1 atom stereocenters. The van der Waals surface area contributed by atoms with E-state index in [2.05, 4.69) is 24.1 Å². The zero-order valence-corrected chi connectivity index (χ0v) is 19.5. The Balaban J connectivity index is 1.66. The molecule has 32 heavy (non-hydrogen) atoms. The lowest BCUT2D eigenvalue weighted by Gasteiger charge is -2.23. The highest BCUT2D eigenvalue weighted by Gasteiger charge is 2.18. The van der Waals surface area contributed by atoms with Crippen LogP contribution in [-0.2, 0) is 11.3 Å². The van der Waals surface area contributed by atoms with Crippen LogP contribution < -0.4 is 20.3 Å². The van der Waals surface area contributed by atoms with Gasteiger partial charge in [0.1, 0.15) is 0 Å². The van der Waals surface area contributed by atoms with Gasteiger partial charge in [-0.05, 0) is 36.1 Å².